The predicted octanol–water partition coefficient (Wildman–Crippen LogP) is -1.33. The van der Waals surface area contributed by atoms with Crippen LogP contribution in [0, 0.1) is 0 Å². The van der Waals surface area contributed by atoms with Crippen LogP contribution in [0.3, 0.4) is 0 Å². The minimum atomic E-state index is 0.802. The highest BCUT2D eigenvalue weighted by Gasteiger charge is 1.72. The number of hydrazine groups is 1. The molecular formula is C4H15N3O. The van der Waals surface area contributed by atoms with Gasteiger partial charge in [0.05, 0.1) is 6.61 Å². The van der Waals surface area contributed by atoms with E-state index >= 15 is 0 Å². The van der Waals surface area contributed by atoms with Crippen molar-refractivity contribution in [2.24, 2.45) is 11.7 Å². The van der Waals surface area contributed by atoms with Crippen LogP contribution in [0.5, 0.6) is 0 Å². The van der Waals surface area contributed by atoms with Crippen LogP contribution in [0.25, 0.3) is 0 Å². The number of nitrogens with two attached hydrogens (primary N) is 2. The molecule has 0 aliphatic heterocycles. The summed E-state index contributed by atoms with van der Waals surface area (Å²) < 4.78 is 4.72. The molecule has 0 aromatic heterocycles. The fraction of sp³-hybridized carbons (Fsp3) is 1.00. The van der Waals surface area contributed by atoms with Crippen LogP contribution >= 0.6 is 0 Å². The van der Waals surface area contributed by atoms with Crippen LogP contribution in [0.4, 0.5) is 0 Å². The maximum absolute atomic E-state index is 4.72. The molecule has 0 aromatic carbocycles. The van der Waals surface area contributed by atoms with E-state index in [1.165, 1.54) is 0 Å². The first-order valence-corrected chi connectivity index (χ1v) is 2.38. The second kappa shape index (κ2) is 15.8. The van der Waals surface area contributed by atoms with E-state index in [1.807, 2.05) is 7.05 Å². The normalized spacial score (nSPS) is 7.50. The number of ether oxygens (including phenoxy) is 1. The van der Waals surface area contributed by atoms with Crippen molar-refractivity contribution < 1.29 is 4.74 Å². The molecule has 0 saturated carbocycles. The summed E-state index contributed by atoms with van der Waals surface area (Å²) in [6.07, 6.45) is 0. The number of likely N-dealkylation sites (N-methyl/N-ethyl adjacent to an activating group) is 1. The second-order valence-corrected chi connectivity index (χ2v) is 1.10. The van der Waals surface area contributed by atoms with E-state index in [9.17, 15) is 0 Å². The van der Waals surface area contributed by atoms with Gasteiger partial charge in [-0.3, -0.25) is 11.7 Å². The molecule has 0 unspecified atom stereocenters. The summed E-state index contributed by atoms with van der Waals surface area (Å²) in [5.74, 6) is 8.00. The van der Waals surface area contributed by atoms with Crippen LogP contribution in [0.2, 0.25) is 0 Å². The zero-order valence-corrected chi connectivity index (χ0v) is 5.48. The van der Waals surface area contributed by atoms with E-state index < -0.39 is 0 Å². The van der Waals surface area contributed by atoms with Gasteiger partial charge in [-0.25, -0.2) is 0 Å². The fourth-order valence-corrected chi connectivity index (χ4v) is 0.204. The molecule has 0 aliphatic carbocycles. The van der Waals surface area contributed by atoms with Gasteiger partial charge in [0, 0.05) is 13.7 Å². The molecule has 4 heteroatoms. The number of nitrogens with one attached hydrogen (secondary N) is 1. The standard InChI is InChI=1S/C4H11NO.H4N2/c1-5-3-4-6-2;1-2/h5H,3-4H2,1-2H3;1-2H2. The van der Waals surface area contributed by atoms with Gasteiger partial charge in [0.15, 0.2) is 0 Å². The summed E-state index contributed by atoms with van der Waals surface area (Å²) in [5.41, 5.74) is 0. The van der Waals surface area contributed by atoms with Crippen LogP contribution in [-0.4, -0.2) is 27.3 Å². The average Bonchev–Trinajstić information content (AvgIpc) is 1.88. The van der Waals surface area contributed by atoms with Crippen LogP contribution < -0.4 is 17.0 Å². The predicted molar refractivity (Wildman–Crippen MR) is 34.2 cm³/mol. The molecule has 0 rings (SSSR count). The van der Waals surface area contributed by atoms with Gasteiger partial charge in [0.25, 0.3) is 0 Å². The molecule has 4 nitrogen and oxygen atoms in total. The monoisotopic (exact) mass is 121 g/mol. The van der Waals surface area contributed by atoms with Crippen molar-refractivity contribution in [2.75, 3.05) is 27.3 Å². The highest BCUT2D eigenvalue weighted by atomic mass is 16.5. The first kappa shape index (κ1) is 10.8. The van der Waals surface area contributed by atoms with Gasteiger partial charge in [-0.2, -0.15) is 0 Å². The summed E-state index contributed by atoms with van der Waals surface area (Å²) in [5, 5.41) is 2.94. The fourth-order valence-electron chi connectivity index (χ4n) is 0.204. The maximum Gasteiger partial charge on any atom is 0.0587 e. The molecule has 0 aliphatic rings. The number of hydrogen-bond donors (Lipinski definition) is 3. The van der Waals surface area contributed by atoms with E-state index in [2.05, 4.69) is 17.0 Å². The summed E-state index contributed by atoms with van der Waals surface area (Å²) in [6, 6.07) is 0. The van der Waals surface area contributed by atoms with Crippen molar-refractivity contribution in [3.05, 3.63) is 0 Å². The van der Waals surface area contributed by atoms with E-state index in [0.29, 0.717) is 0 Å². The summed E-state index contributed by atoms with van der Waals surface area (Å²) in [4.78, 5) is 0. The molecule has 0 fully saturated rings. The Hall–Kier alpha value is -0.160. The van der Waals surface area contributed by atoms with Gasteiger partial charge in [0.2, 0.25) is 0 Å². The van der Waals surface area contributed by atoms with Gasteiger partial charge in [-0.15, -0.1) is 0 Å². The lowest BCUT2D eigenvalue weighted by Crippen LogP contribution is -2.12. The number of rotatable bonds is 3. The molecule has 8 heavy (non-hydrogen) atoms. The van der Waals surface area contributed by atoms with Crippen molar-refractivity contribution in [2.45, 2.75) is 0 Å². The molecule has 0 bridgehead atoms. The van der Waals surface area contributed by atoms with Crippen molar-refractivity contribution >= 4 is 0 Å². The van der Waals surface area contributed by atoms with Gasteiger partial charge < -0.3 is 10.1 Å². The van der Waals surface area contributed by atoms with Crippen molar-refractivity contribution in [3.8, 4) is 0 Å². The highest BCUT2D eigenvalue weighted by Crippen LogP contribution is 1.57. The smallest absolute Gasteiger partial charge is 0.0587 e. The quantitative estimate of drug-likeness (QED) is 0.246. The van der Waals surface area contributed by atoms with E-state index in [1.54, 1.807) is 7.11 Å². The molecule has 0 radical (unpaired) electrons. The van der Waals surface area contributed by atoms with E-state index in [4.69, 9.17) is 4.74 Å². The van der Waals surface area contributed by atoms with Gasteiger partial charge >= 0.3 is 0 Å². The molecule has 0 atom stereocenters. The largest absolute Gasteiger partial charge is 0.383 e. The zero-order valence-electron chi connectivity index (χ0n) is 5.48. The Morgan fingerprint density at radius 2 is 2.00 bits per heavy atom. The minimum absolute atomic E-state index is 0.802. The van der Waals surface area contributed by atoms with Gasteiger partial charge in [0.1, 0.15) is 0 Å². The minimum Gasteiger partial charge on any atom is -0.383 e. The van der Waals surface area contributed by atoms with Crippen molar-refractivity contribution in [1.29, 1.82) is 0 Å². The van der Waals surface area contributed by atoms with Crippen molar-refractivity contribution in [1.82, 2.24) is 5.32 Å². The van der Waals surface area contributed by atoms with E-state index in [0.717, 1.165) is 13.2 Å². The molecular weight excluding hydrogens is 106 g/mol. The molecule has 5 N–H and O–H groups in total. The van der Waals surface area contributed by atoms with E-state index in [-0.39, 0.29) is 0 Å². The second-order valence-electron chi connectivity index (χ2n) is 1.10. The Kier molecular flexibility index (Phi) is 21.3. The Bertz CT molecular complexity index is 23.2. The van der Waals surface area contributed by atoms with Gasteiger partial charge in [-0.05, 0) is 7.05 Å². The topological polar surface area (TPSA) is 73.3 Å². The molecule has 0 amide bonds. The lowest BCUT2D eigenvalue weighted by atomic mass is 10.7. The Morgan fingerprint density at radius 1 is 1.50 bits per heavy atom. The third kappa shape index (κ3) is 17.0. The van der Waals surface area contributed by atoms with Crippen molar-refractivity contribution in [3.63, 3.8) is 0 Å². The van der Waals surface area contributed by atoms with Crippen LogP contribution in [-0.2, 0) is 4.74 Å². The molecule has 0 spiro atoms. The molecule has 0 aromatic rings. The Balaban J connectivity index is 0. The zero-order chi connectivity index (χ0) is 6.83. The highest BCUT2D eigenvalue weighted by molar-refractivity contribution is 4.30. The lowest BCUT2D eigenvalue weighted by molar-refractivity contribution is 0.201. The molecule has 0 saturated heterocycles. The Labute approximate surface area is 50.2 Å². The summed E-state index contributed by atoms with van der Waals surface area (Å²) in [7, 11) is 3.59. The summed E-state index contributed by atoms with van der Waals surface area (Å²) >= 11 is 0. The third-order valence-electron chi connectivity index (χ3n) is 0.556. The summed E-state index contributed by atoms with van der Waals surface area (Å²) in [6.45, 7) is 1.74. The average molecular weight is 121 g/mol. The third-order valence-corrected chi connectivity index (χ3v) is 0.556. The first-order valence-electron chi connectivity index (χ1n) is 2.38. The SMILES string of the molecule is CNCCOC.NN. The maximum atomic E-state index is 4.72. The molecule has 0 heterocycles. The molecule has 52 valence electrons. The Morgan fingerprint density at radius 3 is 2.12 bits per heavy atom. The number of methoxy groups -OCH3 is 1. The first-order chi connectivity index (χ1) is 3.91. The lowest BCUT2D eigenvalue weighted by Gasteiger charge is -1.92. The van der Waals surface area contributed by atoms with Gasteiger partial charge in [-0.1, -0.05) is 0 Å². The van der Waals surface area contributed by atoms with Crippen LogP contribution in [0.1, 0.15) is 0 Å². The number of hydrogen-bond acceptors (Lipinski definition) is 4. The van der Waals surface area contributed by atoms with Crippen LogP contribution in [0.15, 0.2) is 0 Å².